The van der Waals surface area contributed by atoms with Gasteiger partial charge < -0.3 is 9.84 Å². The van der Waals surface area contributed by atoms with Crippen LogP contribution < -0.4 is 0 Å². The van der Waals surface area contributed by atoms with Gasteiger partial charge in [-0.05, 0) is 17.7 Å². The van der Waals surface area contributed by atoms with Crippen LogP contribution in [-0.4, -0.2) is 41.8 Å². The molecule has 0 saturated carbocycles. The fourth-order valence-electron chi connectivity index (χ4n) is 2.16. The van der Waals surface area contributed by atoms with Crippen LogP contribution in [0.15, 0.2) is 22.7 Å². The Bertz CT molecular complexity index is 469. The second-order valence-electron chi connectivity index (χ2n) is 4.53. The maximum atomic E-state index is 13.0. The van der Waals surface area contributed by atoms with E-state index in [0.717, 1.165) is 5.56 Å². The van der Waals surface area contributed by atoms with Gasteiger partial charge in [-0.1, -0.05) is 22.0 Å². The Morgan fingerprint density at radius 2 is 2.37 bits per heavy atom. The van der Waals surface area contributed by atoms with Crippen molar-refractivity contribution in [1.29, 1.82) is 0 Å². The highest BCUT2D eigenvalue weighted by molar-refractivity contribution is 9.10. The first-order chi connectivity index (χ1) is 9.06. The lowest BCUT2D eigenvalue weighted by atomic mass is 10.1. The van der Waals surface area contributed by atoms with Gasteiger partial charge in [0.25, 0.3) is 0 Å². The first-order valence-electron chi connectivity index (χ1n) is 6.04. The van der Waals surface area contributed by atoms with Crippen LogP contribution in [0.2, 0.25) is 0 Å². The normalized spacial score (nSPS) is 20.4. The summed E-state index contributed by atoms with van der Waals surface area (Å²) in [6, 6.07) is 4.41. The van der Waals surface area contributed by atoms with Crippen LogP contribution in [0, 0.1) is 5.82 Å². The standard InChI is InChI=1S/C13H15BrFNO3/c14-12-5-10(15)2-1-9(12)7-16-3-4-19-8-11(16)6-13(17)18/h1-2,5,11H,3-4,6-8H2,(H,17,18). The van der Waals surface area contributed by atoms with Gasteiger partial charge in [0.2, 0.25) is 0 Å². The summed E-state index contributed by atoms with van der Waals surface area (Å²) < 4.78 is 19.1. The van der Waals surface area contributed by atoms with E-state index in [1.165, 1.54) is 12.1 Å². The highest BCUT2D eigenvalue weighted by atomic mass is 79.9. The molecule has 0 spiro atoms. The van der Waals surface area contributed by atoms with Crippen molar-refractivity contribution in [3.63, 3.8) is 0 Å². The van der Waals surface area contributed by atoms with Gasteiger partial charge in [-0.2, -0.15) is 0 Å². The van der Waals surface area contributed by atoms with Crippen molar-refractivity contribution in [2.45, 2.75) is 19.0 Å². The SMILES string of the molecule is O=C(O)CC1COCCN1Cc1ccc(F)cc1Br. The molecule has 1 aliphatic rings. The van der Waals surface area contributed by atoms with Crippen LogP contribution in [-0.2, 0) is 16.1 Å². The quantitative estimate of drug-likeness (QED) is 0.919. The number of hydrogen-bond donors (Lipinski definition) is 1. The van der Waals surface area contributed by atoms with E-state index in [2.05, 4.69) is 20.8 Å². The molecule has 1 aromatic carbocycles. The number of carboxylic acids is 1. The average Bonchev–Trinajstić information content (AvgIpc) is 2.34. The van der Waals surface area contributed by atoms with Gasteiger partial charge in [0.15, 0.2) is 0 Å². The third kappa shape index (κ3) is 3.99. The first-order valence-corrected chi connectivity index (χ1v) is 6.83. The maximum absolute atomic E-state index is 13.0. The third-order valence-corrected chi connectivity index (χ3v) is 3.89. The summed E-state index contributed by atoms with van der Waals surface area (Å²) in [6.45, 7) is 2.28. The fourth-order valence-corrected chi connectivity index (χ4v) is 2.63. The van der Waals surface area contributed by atoms with Crippen LogP contribution in [0.5, 0.6) is 0 Å². The van der Waals surface area contributed by atoms with Crippen molar-refractivity contribution in [2.24, 2.45) is 0 Å². The average molecular weight is 332 g/mol. The molecular weight excluding hydrogens is 317 g/mol. The van der Waals surface area contributed by atoms with Crippen LogP contribution in [0.4, 0.5) is 4.39 Å². The number of morpholine rings is 1. The highest BCUT2D eigenvalue weighted by Gasteiger charge is 2.25. The number of ether oxygens (including phenoxy) is 1. The maximum Gasteiger partial charge on any atom is 0.305 e. The van der Waals surface area contributed by atoms with Gasteiger partial charge in [-0.15, -0.1) is 0 Å². The summed E-state index contributed by atoms with van der Waals surface area (Å²) >= 11 is 3.33. The molecule has 0 bridgehead atoms. The van der Waals surface area contributed by atoms with E-state index >= 15 is 0 Å². The van der Waals surface area contributed by atoms with Gasteiger partial charge in [0.1, 0.15) is 5.82 Å². The van der Waals surface area contributed by atoms with Crippen molar-refractivity contribution in [3.8, 4) is 0 Å². The number of hydrogen-bond acceptors (Lipinski definition) is 3. The zero-order chi connectivity index (χ0) is 13.8. The molecule has 0 amide bonds. The Morgan fingerprint density at radius 3 is 3.05 bits per heavy atom. The van der Waals surface area contributed by atoms with Crippen molar-refractivity contribution >= 4 is 21.9 Å². The third-order valence-electron chi connectivity index (χ3n) is 3.15. The summed E-state index contributed by atoms with van der Waals surface area (Å²) in [5.74, 6) is -1.13. The molecule has 19 heavy (non-hydrogen) atoms. The second-order valence-corrected chi connectivity index (χ2v) is 5.39. The van der Waals surface area contributed by atoms with Crippen LogP contribution in [0.3, 0.4) is 0 Å². The molecule has 1 unspecified atom stereocenters. The number of aliphatic carboxylic acids is 1. The van der Waals surface area contributed by atoms with E-state index in [-0.39, 0.29) is 18.3 Å². The molecule has 0 aliphatic carbocycles. The molecule has 1 fully saturated rings. The molecule has 1 aromatic rings. The molecule has 1 atom stereocenters. The highest BCUT2D eigenvalue weighted by Crippen LogP contribution is 2.22. The van der Waals surface area contributed by atoms with E-state index in [1.54, 1.807) is 6.07 Å². The Balaban J connectivity index is 2.08. The zero-order valence-corrected chi connectivity index (χ0v) is 11.9. The number of benzene rings is 1. The molecule has 0 radical (unpaired) electrons. The lowest BCUT2D eigenvalue weighted by Crippen LogP contribution is -2.45. The van der Waals surface area contributed by atoms with Crippen LogP contribution in [0.25, 0.3) is 0 Å². The van der Waals surface area contributed by atoms with Crippen molar-refractivity contribution < 1.29 is 19.0 Å². The summed E-state index contributed by atoms with van der Waals surface area (Å²) in [5, 5.41) is 8.90. The minimum Gasteiger partial charge on any atom is -0.481 e. The Kier molecular flexibility index (Phi) is 4.90. The predicted octanol–water partition coefficient (Wildman–Crippen LogP) is 2.26. The number of nitrogens with zero attached hydrogens (tertiary/aromatic N) is 1. The molecule has 2 rings (SSSR count). The van der Waals surface area contributed by atoms with Gasteiger partial charge in [-0.25, -0.2) is 4.39 Å². The molecule has 1 saturated heterocycles. The van der Waals surface area contributed by atoms with Crippen molar-refractivity contribution in [2.75, 3.05) is 19.8 Å². The van der Waals surface area contributed by atoms with Gasteiger partial charge in [0, 0.05) is 23.6 Å². The minimum absolute atomic E-state index is 0.0544. The number of carbonyl (C=O) groups is 1. The summed E-state index contributed by atoms with van der Waals surface area (Å²) in [4.78, 5) is 12.9. The van der Waals surface area contributed by atoms with E-state index in [9.17, 15) is 9.18 Å². The summed E-state index contributed by atoms with van der Waals surface area (Å²) in [5.41, 5.74) is 0.943. The lowest BCUT2D eigenvalue weighted by Gasteiger charge is -2.35. The smallest absolute Gasteiger partial charge is 0.305 e. The van der Waals surface area contributed by atoms with Gasteiger partial charge >= 0.3 is 5.97 Å². The van der Waals surface area contributed by atoms with Crippen molar-refractivity contribution in [3.05, 3.63) is 34.1 Å². The number of rotatable bonds is 4. The Hall–Kier alpha value is -0.980. The monoisotopic (exact) mass is 331 g/mol. The molecule has 6 heteroatoms. The van der Waals surface area contributed by atoms with Gasteiger partial charge in [0.05, 0.1) is 19.6 Å². The van der Waals surface area contributed by atoms with E-state index in [0.29, 0.717) is 30.8 Å². The molecular formula is C13H15BrFNO3. The number of halogens is 2. The van der Waals surface area contributed by atoms with E-state index in [1.807, 2.05) is 0 Å². The Labute approximate surface area is 119 Å². The summed E-state index contributed by atoms with van der Waals surface area (Å²) in [6.07, 6.45) is 0.0544. The zero-order valence-electron chi connectivity index (χ0n) is 10.3. The van der Waals surface area contributed by atoms with E-state index in [4.69, 9.17) is 9.84 Å². The summed E-state index contributed by atoms with van der Waals surface area (Å²) in [7, 11) is 0. The predicted molar refractivity (Wildman–Crippen MR) is 71.4 cm³/mol. The molecule has 1 N–H and O–H groups in total. The molecule has 0 aromatic heterocycles. The molecule has 104 valence electrons. The molecule has 1 aliphatic heterocycles. The molecule has 4 nitrogen and oxygen atoms in total. The van der Waals surface area contributed by atoms with Crippen molar-refractivity contribution in [1.82, 2.24) is 4.90 Å². The van der Waals surface area contributed by atoms with Gasteiger partial charge in [-0.3, -0.25) is 9.69 Å². The second kappa shape index (κ2) is 6.45. The van der Waals surface area contributed by atoms with Crippen LogP contribution >= 0.6 is 15.9 Å². The minimum atomic E-state index is -0.835. The fraction of sp³-hybridized carbons (Fsp3) is 0.462. The first kappa shape index (κ1) is 14.4. The topological polar surface area (TPSA) is 49.8 Å². The van der Waals surface area contributed by atoms with E-state index < -0.39 is 5.97 Å². The lowest BCUT2D eigenvalue weighted by molar-refractivity contribution is -0.140. The molecule has 1 heterocycles. The van der Waals surface area contributed by atoms with Crippen LogP contribution in [0.1, 0.15) is 12.0 Å². The Morgan fingerprint density at radius 1 is 1.58 bits per heavy atom. The number of carboxylic acid groups (broad SMARTS) is 1. The largest absolute Gasteiger partial charge is 0.481 e.